The molecule has 4 N–H and O–H groups in total. The Morgan fingerprint density at radius 1 is 1.21 bits per heavy atom. The molecule has 6 heteroatoms. The Morgan fingerprint density at radius 2 is 1.79 bits per heavy atom. The Bertz CT molecular complexity index is 418. The molecule has 0 radical (unpaired) electrons. The zero-order valence-corrected chi connectivity index (χ0v) is 11.6. The van der Waals surface area contributed by atoms with Crippen LogP contribution in [-0.4, -0.2) is 18.0 Å². The number of hydrogen-bond acceptors (Lipinski definition) is 4. The molecule has 1 aromatic rings. The molecule has 0 saturated heterocycles. The molecule has 5 nitrogen and oxygen atoms in total. The Morgan fingerprint density at radius 3 is 2.26 bits per heavy atom. The van der Waals surface area contributed by atoms with Crippen LogP contribution in [0.5, 0.6) is 0 Å². The van der Waals surface area contributed by atoms with Gasteiger partial charge in [0.1, 0.15) is 0 Å². The number of hydrogen-bond donors (Lipinski definition) is 2. The van der Waals surface area contributed by atoms with Crippen molar-refractivity contribution in [1.82, 2.24) is 0 Å². The van der Waals surface area contributed by atoms with E-state index in [1.54, 1.807) is 12.1 Å². The standard InChI is InChI=1S/C13H20ClN3O2/c14-11-5-6-12(13(9-11)17(18)19)10(3-1-7-15)4-2-8-16/h5-6,9-10H,1-4,7-8,15-16H2. The number of nitro benzene ring substituents is 1. The molecule has 0 unspecified atom stereocenters. The Labute approximate surface area is 118 Å². The SMILES string of the molecule is NCCCC(CCCN)c1ccc(Cl)cc1[N+](=O)[O-]. The minimum Gasteiger partial charge on any atom is -0.330 e. The summed E-state index contributed by atoms with van der Waals surface area (Å²) >= 11 is 5.83. The highest BCUT2D eigenvalue weighted by molar-refractivity contribution is 6.30. The van der Waals surface area contributed by atoms with Crippen LogP contribution in [0.15, 0.2) is 18.2 Å². The van der Waals surface area contributed by atoms with Crippen LogP contribution in [0.1, 0.15) is 37.2 Å². The van der Waals surface area contributed by atoms with E-state index in [-0.39, 0.29) is 16.5 Å². The molecule has 0 aliphatic carbocycles. The van der Waals surface area contributed by atoms with Gasteiger partial charge < -0.3 is 11.5 Å². The van der Waals surface area contributed by atoms with E-state index in [1.807, 2.05) is 0 Å². The van der Waals surface area contributed by atoms with E-state index in [2.05, 4.69) is 0 Å². The van der Waals surface area contributed by atoms with Gasteiger partial charge in [-0.1, -0.05) is 17.7 Å². The normalized spacial score (nSPS) is 10.9. The molecule has 0 saturated carbocycles. The first-order valence-corrected chi connectivity index (χ1v) is 6.82. The lowest BCUT2D eigenvalue weighted by molar-refractivity contribution is -0.385. The summed E-state index contributed by atoms with van der Waals surface area (Å²) in [4.78, 5) is 10.7. The van der Waals surface area contributed by atoms with Crippen LogP contribution in [0.2, 0.25) is 5.02 Å². The van der Waals surface area contributed by atoms with Crippen LogP contribution in [0.25, 0.3) is 0 Å². The number of nitrogens with two attached hydrogens (primary N) is 2. The lowest BCUT2D eigenvalue weighted by atomic mass is 9.89. The summed E-state index contributed by atoms with van der Waals surface area (Å²) in [6, 6.07) is 4.86. The molecule has 1 rings (SSSR count). The molecule has 106 valence electrons. The van der Waals surface area contributed by atoms with Gasteiger partial charge in [0.25, 0.3) is 5.69 Å². The maximum Gasteiger partial charge on any atom is 0.274 e. The summed E-state index contributed by atoms with van der Waals surface area (Å²) in [5, 5.41) is 11.5. The average Bonchev–Trinajstić information content (AvgIpc) is 2.39. The topological polar surface area (TPSA) is 95.2 Å². The molecule has 0 spiro atoms. The summed E-state index contributed by atoms with van der Waals surface area (Å²) in [5.74, 6) is 0.116. The molecule has 1 aromatic carbocycles. The highest BCUT2D eigenvalue weighted by Crippen LogP contribution is 2.34. The van der Waals surface area contributed by atoms with Crippen molar-refractivity contribution < 1.29 is 4.92 Å². The third-order valence-corrected chi connectivity index (χ3v) is 3.38. The van der Waals surface area contributed by atoms with Gasteiger partial charge in [-0.15, -0.1) is 0 Å². The number of rotatable bonds is 8. The molecule has 0 amide bonds. The fraction of sp³-hybridized carbons (Fsp3) is 0.538. The number of benzene rings is 1. The van der Waals surface area contributed by atoms with Crippen LogP contribution in [0, 0.1) is 10.1 Å². The maximum absolute atomic E-state index is 11.1. The summed E-state index contributed by atoms with van der Waals surface area (Å²) < 4.78 is 0. The lowest BCUT2D eigenvalue weighted by Gasteiger charge is -2.17. The lowest BCUT2D eigenvalue weighted by Crippen LogP contribution is -2.09. The van der Waals surface area contributed by atoms with Gasteiger partial charge in [0.05, 0.1) is 4.92 Å². The second kappa shape index (κ2) is 8.09. The molecule has 0 aromatic heterocycles. The van der Waals surface area contributed by atoms with Crippen LogP contribution >= 0.6 is 11.6 Å². The molecular weight excluding hydrogens is 266 g/mol. The van der Waals surface area contributed by atoms with Crippen molar-refractivity contribution in [3.8, 4) is 0 Å². The van der Waals surface area contributed by atoms with Crippen molar-refractivity contribution in [3.63, 3.8) is 0 Å². The first-order chi connectivity index (χ1) is 9.10. The van der Waals surface area contributed by atoms with E-state index in [0.29, 0.717) is 18.1 Å². The van der Waals surface area contributed by atoms with E-state index in [9.17, 15) is 10.1 Å². The minimum absolute atomic E-state index is 0.0894. The molecular formula is C13H20ClN3O2. The zero-order chi connectivity index (χ0) is 14.3. The van der Waals surface area contributed by atoms with Gasteiger partial charge in [-0.3, -0.25) is 10.1 Å². The first-order valence-electron chi connectivity index (χ1n) is 6.44. The van der Waals surface area contributed by atoms with E-state index in [0.717, 1.165) is 31.2 Å². The Kier molecular flexibility index (Phi) is 6.77. The van der Waals surface area contributed by atoms with Gasteiger partial charge in [-0.05, 0) is 50.8 Å². The quantitative estimate of drug-likeness (QED) is 0.567. The fourth-order valence-corrected chi connectivity index (χ4v) is 2.37. The highest BCUT2D eigenvalue weighted by Gasteiger charge is 2.21. The zero-order valence-electron chi connectivity index (χ0n) is 10.8. The van der Waals surface area contributed by atoms with Gasteiger partial charge in [0.2, 0.25) is 0 Å². The van der Waals surface area contributed by atoms with Crippen molar-refractivity contribution in [2.45, 2.75) is 31.6 Å². The Hall–Kier alpha value is -1.17. The number of nitrogens with zero attached hydrogens (tertiary/aromatic N) is 1. The van der Waals surface area contributed by atoms with E-state index in [1.165, 1.54) is 6.07 Å². The second-order valence-electron chi connectivity index (χ2n) is 4.52. The van der Waals surface area contributed by atoms with Crippen LogP contribution in [0.4, 0.5) is 5.69 Å². The Balaban J connectivity index is 3.02. The monoisotopic (exact) mass is 285 g/mol. The van der Waals surface area contributed by atoms with Crippen molar-refractivity contribution in [2.24, 2.45) is 11.5 Å². The minimum atomic E-state index is -0.376. The van der Waals surface area contributed by atoms with E-state index < -0.39 is 0 Å². The van der Waals surface area contributed by atoms with Gasteiger partial charge >= 0.3 is 0 Å². The molecule has 0 aliphatic heterocycles. The van der Waals surface area contributed by atoms with Crippen molar-refractivity contribution >= 4 is 17.3 Å². The van der Waals surface area contributed by atoms with Crippen LogP contribution < -0.4 is 11.5 Å². The molecule has 0 heterocycles. The predicted octanol–water partition coefficient (Wildman–Crippen LogP) is 2.81. The highest BCUT2D eigenvalue weighted by atomic mass is 35.5. The van der Waals surface area contributed by atoms with Crippen LogP contribution in [0.3, 0.4) is 0 Å². The number of nitro groups is 1. The predicted molar refractivity (Wildman–Crippen MR) is 77.4 cm³/mol. The van der Waals surface area contributed by atoms with Gasteiger partial charge in [0.15, 0.2) is 0 Å². The maximum atomic E-state index is 11.1. The third kappa shape index (κ3) is 4.78. The molecule has 19 heavy (non-hydrogen) atoms. The summed E-state index contributed by atoms with van der Waals surface area (Å²) in [7, 11) is 0. The number of halogens is 1. The molecule has 0 fully saturated rings. The van der Waals surface area contributed by atoms with Gasteiger partial charge in [-0.25, -0.2) is 0 Å². The summed E-state index contributed by atoms with van der Waals surface area (Å²) in [6.07, 6.45) is 3.35. The van der Waals surface area contributed by atoms with Crippen LogP contribution in [-0.2, 0) is 0 Å². The average molecular weight is 286 g/mol. The smallest absolute Gasteiger partial charge is 0.274 e. The van der Waals surface area contributed by atoms with E-state index >= 15 is 0 Å². The molecule has 0 aliphatic rings. The van der Waals surface area contributed by atoms with Crippen molar-refractivity contribution in [1.29, 1.82) is 0 Å². The van der Waals surface area contributed by atoms with Crippen molar-refractivity contribution in [3.05, 3.63) is 38.9 Å². The van der Waals surface area contributed by atoms with Gasteiger partial charge in [0, 0.05) is 16.7 Å². The first kappa shape index (κ1) is 15.9. The summed E-state index contributed by atoms with van der Waals surface area (Å²) in [6.45, 7) is 1.17. The van der Waals surface area contributed by atoms with E-state index in [4.69, 9.17) is 23.1 Å². The molecule has 0 atom stereocenters. The second-order valence-corrected chi connectivity index (χ2v) is 4.96. The fourth-order valence-electron chi connectivity index (χ4n) is 2.20. The largest absolute Gasteiger partial charge is 0.330 e. The van der Waals surface area contributed by atoms with Gasteiger partial charge in [-0.2, -0.15) is 0 Å². The third-order valence-electron chi connectivity index (χ3n) is 3.14. The summed E-state index contributed by atoms with van der Waals surface area (Å²) in [5.41, 5.74) is 11.9. The van der Waals surface area contributed by atoms with Crippen molar-refractivity contribution in [2.75, 3.05) is 13.1 Å². The molecule has 0 bridgehead atoms.